The van der Waals surface area contributed by atoms with Crippen LogP contribution >= 0.6 is 0 Å². The molecule has 2 heteroatoms. The van der Waals surface area contributed by atoms with Crippen molar-refractivity contribution in [2.45, 2.75) is 51.2 Å². The topological polar surface area (TPSA) is 21.3 Å². The van der Waals surface area contributed by atoms with Crippen LogP contribution in [0.4, 0.5) is 0 Å². The Hall–Kier alpha value is -0.860. The summed E-state index contributed by atoms with van der Waals surface area (Å²) in [7, 11) is 2.06. The molecule has 1 aromatic rings. The van der Waals surface area contributed by atoms with Crippen LogP contribution in [0.3, 0.4) is 0 Å². The molecule has 0 heterocycles. The third kappa shape index (κ3) is 4.05. The van der Waals surface area contributed by atoms with Gasteiger partial charge in [0, 0.05) is 12.6 Å². The quantitative estimate of drug-likeness (QED) is 0.803. The first-order chi connectivity index (χ1) is 9.35. The van der Waals surface area contributed by atoms with Crippen LogP contribution < -0.4 is 5.32 Å². The third-order valence-electron chi connectivity index (χ3n) is 4.27. The minimum Gasteiger partial charge on any atom is -0.372 e. The van der Waals surface area contributed by atoms with Crippen LogP contribution in [0.2, 0.25) is 0 Å². The van der Waals surface area contributed by atoms with Crippen LogP contribution in [0.5, 0.6) is 0 Å². The molecule has 2 nitrogen and oxygen atoms in total. The Morgan fingerprint density at radius 3 is 2.47 bits per heavy atom. The van der Waals surface area contributed by atoms with E-state index in [2.05, 4.69) is 49.6 Å². The zero-order valence-corrected chi connectivity index (χ0v) is 12.3. The van der Waals surface area contributed by atoms with Crippen molar-refractivity contribution in [2.24, 2.45) is 5.92 Å². The lowest BCUT2D eigenvalue weighted by Gasteiger charge is -2.29. The summed E-state index contributed by atoms with van der Waals surface area (Å²) in [5.41, 5.74) is 1.29. The molecule has 2 rings (SSSR count). The first-order valence-electron chi connectivity index (χ1n) is 7.69. The molecule has 1 aromatic carbocycles. The van der Waals surface area contributed by atoms with E-state index in [1.165, 1.54) is 37.7 Å². The summed E-state index contributed by atoms with van der Waals surface area (Å²) < 4.78 is 6.03. The van der Waals surface area contributed by atoms with Gasteiger partial charge in [-0.2, -0.15) is 0 Å². The van der Waals surface area contributed by atoms with E-state index in [-0.39, 0.29) is 6.10 Å². The van der Waals surface area contributed by atoms with Gasteiger partial charge in [-0.25, -0.2) is 0 Å². The fourth-order valence-corrected chi connectivity index (χ4v) is 3.26. The van der Waals surface area contributed by atoms with E-state index in [0.717, 1.165) is 12.5 Å². The molecule has 0 saturated heterocycles. The van der Waals surface area contributed by atoms with E-state index >= 15 is 0 Å². The Morgan fingerprint density at radius 2 is 1.89 bits per heavy atom. The molecule has 0 aliphatic heterocycles. The summed E-state index contributed by atoms with van der Waals surface area (Å²) in [6.45, 7) is 2.85. The highest BCUT2D eigenvalue weighted by Gasteiger charge is 2.26. The highest BCUT2D eigenvalue weighted by molar-refractivity contribution is 5.19. The van der Waals surface area contributed by atoms with Gasteiger partial charge in [0.2, 0.25) is 0 Å². The van der Waals surface area contributed by atoms with E-state index in [9.17, 15) is 0 Å². The van der Waals surface area contributed by atoms with Gasteiger partial charge < -0.3 is 10.1 Å². The largest absolute Gasteiger partial charge is 0.372 e. The fraction of sp³-hybridized carbons (Fsp3) is 0.647. The summed E-state index contributed by atoms with van der Waals surface area (Å²) in [4.78, 5) is 0. The number of nitrogens with one attached hydrogen (secondary N) is 1. The van der Waals surface area contributed by atoms with Gasteiger partial charge in [-0.1, -0.05) is 56.0 Å². The van der Waals surface area contributed by atoms with Gasteiger partial charge in [0.15, 0.2) is 0 Å². The Labute approximate surface area is 117 Å². The molecule has 1 aliphatic carbocycles. The lowest BCUT2D eigenvalue weighted by atomic mass is 9.92. The van der Waals surface area contributed by atoms with E-state index < -0.39 is 0 Å². The second-order valence-electron chi connectivity index (χ2n) is 5.57. The molecule has 0 radical (unpaired) electrons. The zero-order valence-electron chi connectivity index (χ0n) is 12.3. The first-order valence-corrected chi connectivity index (χ1v) is 7.69. The Bertz CT molecular complexity index is 346. The average molecular weight is 261 g/mol. The highest BCUT2D eigenvalue weighted by atomic mass is 16.5. The van der Waals surface area contributed by atoms with Gasteiger partial charge in [0.25, 0.3) is 0 Å². The van der Waals surface area contributed by atoms with E-state index in [1.54, 1.807) is 0 Å². The number of hydrogen-bond acceptors (Lipinski definition) is 2. The molecule has 2 unspecified atom stereocenters. The van der Waals surface area contributed by atoms with Gasteiger partial charge in [0.05, 0.1) is 6.10 Å². The number of likely N-dealkylation sites (N-methyl/N-ethyl adjacent to an activating group) is 1. The number of hydrogen-bond donors (Lipinski definition) is 1. The zero-order chi connectivity index (χ0) is 13.5. The van der Waals surface area contributed by atoms with Gasteiger partial charge >= 0.3 is 0 Å². The van der Waals surface area contributed by atoms with Gasteiger partial charge in [-0.3, -0.25) is 0 Å². The van der Waals surface area contributed by atoms with Crippen LogP contribution in [0, 0.1) is 5.92 Å². The SMILES string of the molecule is CCOC(c1ccccc1)C(CC1CCCC1)NC. The number of ether oxygens (including phenoxy) is 1. The fourth-order valence-electron chi connectivity index (χ4n) is 3.26. The number of rotatable bonds is 7. The standard InChI is InChI=1S/C17H27NO/c1-3-19-17(15-11-5-4-6-12-15)16(18-2)13-14-9-7-8-10-14/h4-6,11-12,14,16-18H,3,7-10,13H2,1-2H3. The van der Waals surface area contributed by atoms with Crippen LogP contribution in [-0.2, 0) is 4.74 Å². The maximum atomic E-state index is 6.03. The van der Waals surface area contributed by atoms with Gasteiger partial charge in [-0.05, 0) is 31.9 Å². The summed E-state index contributed by atoms with van der Waals surface area (Å²) in [6.07, 6.45) is 7.02. The van der Waals surface area contributed by atoms with Crippen molar-refractivity contribution in [3.63, 3.8) is 0 Å². The minimum absolute atomic E-state index is 0.178. The first kappa shape index (κ1) is 14.5. The van der Waals surface area contributed by atoms with Crippen molar-refractivity contribution in [2.75, 3.05) is 13.7 Å². The molecule has 1 aliphatic rings. The second kappa shape index (κ2) is 7.66. The monoisotopic (exact) mass is 261 g/mol. The van der Waals surface area contributed by atoms with Gasteiger partial charge in [-0.15, -0.1) is 0 Å². The Morgan fingerprint density at radius 1 is 1.21 bits per heavy atom. The van der Waals surface area contributed by atoms with E-state index in [4.69, 9.17) is 4.74 Å². The molecule has 1 fully saturated rings. The lowest BCUT2D eigenvalue weighted by Crippen LogP contribution is -2.35. The molecule has 2 atom stereocenters. The van der Waals surface area contributed by atoms with Crippen molar-refractivity contribution in [1.82, 2.24) is 5.32 Å². The molecular formula is C17H27NO. The average Bonchev–Trinajstić information content (AvgIpc) is 2.96. The molecule has 1 saturated carbocycles. The molecular weight excluding hydrogens is 234 g/mol. The van der Waals surface area contributed by atoms with Crippen LogP contribution in [-0.4, -0.2) is 19.7 Å². The van der Waals surface area contributed by atoms with Crippen molar-refractivity contribution in [1.29, 1.82) is 0 Å². The van der Waals surface area contributed by atoms with Crippen molar-refractivity contribution >= 4 is 0 Å². The molecule has 106 valence electrons. The summed E-state index contributed by atoms with van der Waals surface area (Å²) in [6, 6.07) is 11.1. The van der Waals surface area contributed by atoms with E-state index in [1.807, 2.05) is 0 Å². The molecule has 0 bridgehead atoms. The smallest absolute Gasteiger partial charge is 0.0977 e. The second-order valence-corrected chi connectivity index (χ2v) is 5.57. The number of benzene rings is 1. The molecule has 19 heavy (non-hydrogen) atoms. The van der Waals surface area contributed by atoms with Crippen LogP contribution in [0.1, 0.15) is 50.7 Å². The summed E-state index contributed by atoms with van der Waals surface area (Å²) in [5, 5.41) is 3.49. The minimum atomic E-state index is 0.178. The molecule has 1 N–H and O–H groups in total. The molecule has 0 amide bonds. The molecule has 0 spiro atoms. The highest BCUT2D eigenvalue weighted by Crippen LogP contribution is 2.33. The van der Waals surface area contributed by atoms with Crippen LogP contribution in [0.25, 0.3) is 0 Å². The maximum absolute atomic E-state index is 6.03. The summed E-state index contributed by atoms with van der Waals surface area (Å²) >= 11 is 0. The third-order valence-corrected chi connectivity index (χ3v) is 4.27. The Kier molecular flexibility index (Phi) is 5.87. The molecule has 0 aromatic heterocycles. The maximum Gasteiger partial charge on any atom is 0.0977 e. The van der Waals surface area contributed by atoms with Crippen molar-refractivity contribution in [3.8, 4) is 0 Å². The van der Waals surface area contributed by atoms with Crippen molar-refractivity contribution in [3.05, 3.63) is 35.9 Å². The predicted octanol–water partition coefficient (Wildman–Crippen LogP) is 3.93. The van der Waals surface area contributed by atoms with Crippen molar-refractivity contribution < 1.29 is 4.74 Å². The summed E-state index contributed by atoms with van der Waals surface area (Å²) in [5.74, 6) is 0.879. The van der Waals surface area contributed by atoms with Gasteiger partial charge in [0.1, 0.15) is 0 Å². The predicted molar refractivity (Wildman–Crippen MR) is 80.2 cm³/mol. The van der Waals surface area contributed by atoms with E-state index in [0.29, 0.717) is 6.04 Å². The van der Waals surface area contributed by atoms with Crippen LogP contribution in [0.15, 0.2) is 30.3 Å². The Balaban J connectivity index is 2.06. The normalized spacial score (nSPS) is 19.5. The lowest BCUT2D eigenvalue weighted by molar-refractivity contribution is 0.0286.